The summed E-state index contributed by atoms with van der Waals surface area (Å²) >= 11 is 0. The van der Waals surface area contributed by atoms with Crippen molar-refractivity contribution in [2.75, 3.05) is 5.75 Å². The highest BCUT2D eigenvalue weighted by molar-refractivity contribution is 9.02. The van der Waals surface area contributed by atoms with Gasteiger partial charge in [-0.2, -0.15) is 0 Å². The maximum Gasteiger partial charge on any atom is 0.252 e. The first kappa shape index (κ1) is 20.9. The van der Waals surface area contributed by atoms with Crippen LogP contribution in [-0.4, -0.2) is 32.9 Å². The molecule has 1 aliphatic carbocycles. The zero-order chi connectivity index (χ0) is 20.5. The lowest BCUT2D eigenvalue weighted by atomic mass is 10.3. The van der Waals surface area contributed by atoms with Crippen LogP contribution >= 0.6 is 19.9 Å². The molecule has 1 amide bonds. The Morgan fingerprint density at radius 2 is 2.29 bits per heavy atom. The van der Waals surface area contributed by atoms with Gasteiger partial charge in [0.15, 0.2) is 0 Å². The minimum atomic E-state index is -2.61. The highest BCUT2D eigenvalue weighted by Gasteiger charge is 2.58. The number of allylic oxidation sites excluding steroid dienone is 1. The van der Waals surface area contributed by atoms with Gasteiger partial charge in [0.05, 0.1) is 16.0 Å². The van der Waals surface area contributed by atoms with Crippen LogP contribution in [0.1, 0.15) is 39.2 Å². The van der Waals surface area contributed by atoms with Crippen molar-refractivity contribution >= 4 is 30.8 Å². The molecule has 0 spiro atoms. The van der Waals surface area contributed by atoms with Gasteiger partial charge in [-0.05, 0) is 26.0 Å². The number of carbonyl (C=O) groups is 1. The van der Waals surface area contributed by atoms with Crippen LogP contribution in [0.15, 0.2) is 40.2 Å². The summed E-state index contributed by atoms with van der Waals surface area (Å²) in [5.74, 6) is -0.346. The van der Waals surface area contributed by atoms with E-state index in [4.69, 9.17) is 11.4 Å². The number of rotatable bonds is 7. The summed E-state index contributed by atoms with van der Waals surface area (Å²) < 4.78 is 27.1. The van der Waals surface area contributed by atoms with Crippen molar-refractivity contribution < 1.29 is 13.6 Å². The molecule has 1 saturated carbocycles. The smallest absolute Gasteiger partial charge is 0.252 e. The van der Waals surface area contributed by atoms with E-state index in [1.165, 1.54) is 10.8 Å². The number of hydrogen-bond donors (Lipinski definition) is 1. The van der Waals surface area contributed by atoms with Gasteiger partial charge in [-0.3, -0.25) is 9.78 Å². The second kappa shape index (κ2) is 7.88. The molecule has 8 heteroatoms. The maximum atomic E-state index is 13.6. The third-order valence-electron chi connectivity index (χ3n) is 4.81. The van der Waals surface area contributed by atoms with Gasteiger partial charge in [-0.15, -0.1) is 17.2 Å². The van der Waals surface area contributed by atoms with Crippen molar-refractivity contribution in [3.05, 3.63) is 40.8 Å². The summed E-state index contributed by atoms with van der Waals surface area (Å²) in [6.07, 6.45) is 9.41. The summed E-state index contributed by atoms with van der Waals surface area (Å²) in [6, 6.07) is 3.70. The molecule has 1 aromatic heterocycles. The Morgan fingerprint density at radius 1 is 1.57 bits per heavy atom. The topological polar surface area (TPSA) is 54.4 Å². The van der Waals surface area contributed by atoms with Crippen LogP contribution < -0.4 is 5.32 Å². The lowest BCUT2D eigenvalue weighted by Crippen LogP contribution is -2.30. The fraction of sp³-hybridized carbons (Fsp3) is 0.450. The van der Waals surface area contributed by atoms with Crippen LogP contribution in [0.5, 0.6) is 0 Å². The van der Waals surface area contributed by atoms with Gasteiger partial charge in [-0.1, -0.05) is 21.9 Å². The molecule has 1 aliphatic heterocycles. The Labute approximate surface area is 169 Å². The van der Waals surface area contributed by atoms with Crippen molar-refractivity contribution in [2.24, 2.45) is 10.9 Å². The number of amides is 1. The van der Waals surface area contributed by atoms with Crippen LogP contribution in [0.25, 0.3) is 0 Å². The highest BCUT2D eigenvalue weighted by Crippen LogP contribution is 2.74. The largest absolute Gasteiger partial charge is 0.319 e. The molecule has 0 aromatic carbocycles. The second-order valence-electron chi connectivity index (χ2n) is 6.83. The average Bonchev–Trinajstić information content (AvgIpc) is 3.21. The van der Waals surface area contributed by atoms with Crippen molar-refractivity contribution in [1.29, 1.82) is 0 Å². The van der Waals surface area contributed by atoms with Gasteiger partial charge in [-0.25, -0.2) is 13.8 Å². The third-order valence-corrected chi connectivity index (χ3v) is 12.1. The van der Waals surface area contributed by atoms with E-state index in [2.05, 4.69) is 16.2 Å². The molecule has 3 unspecified atom stereocenters. The molecule has 0 saturated heterocycles. The predicted octanol–water partition coefficient (Wildman–Crippen LogP) is 4.69. The number of pyridine rings is 1. The zero-order valence-corrected chi connectivity index (χ0v) is 17.7. The maximum absolute atomic E-state index is 13.6. The Balaban J connectivity index is 2.07. The second-order valence-corrected chi connectivity index (χ2v) is 12.4. The number of alkyl halides is 2. The average molecular weight is 424 g/mol. The molecule has 3 atom stereocenters. The van der Waals surface area contributed by atoms with Crippen molar-refractivity contribution in [3.8, 4) is 12.3 Å². The lowest BCUT2D eigenvalue weighted by molar-refractivity contribution is -0.119. The van der Waals surface area contributed by atoms with Crippen LogP contribution in [0.3, 0.4) is 0 Å². The number of terminal acetylenes is 1. The Morgan fingerprint density at radius 3 is 2.82 bits per heavy atom. The van der Waals surface area contributed by atoms with E-state index in [-0.39, 0.29) is 23.3 Å². The molecule has 1 aromatic rings. The molecule has 3 rings (SSSR count). The summed E-state index contributed by atoms with van der Waals surface area (Å²) in [5.41, 5.74) is 1.47. The number of aliphatic imine (C=N–C) groups is 1. The molecule has 0 bridgehead atoms. The Hall–Kier alpha value is -1.85. The van der Waals surface area contributed by atoms with Gasteiger partial charge in [0.2, 0.25) is 5.91 Å². The third kappa shape index (κ3) is 3.70. The Bertz CT molecular complexity index is 879. The predicted molar refractivity (Wildman–Crippen MR) is 113 cm³/mol. The number of nitrogens with zero attached hydrogens (tertiary/aromatic N) is 2. The molecular weight excluding hydrogens is 400 g/mol. The quantitative estimate of drug-likeness (QED) is 0.511. The van der Waals surface area contributed by atoms with Gasteiger partial charge in [0, 0.05) is 42.5 Å². The minimum Gasteiger partial charge on any atom is -0.319 e. The minimum absolute atomic E-state index is 0.0985. The standard InChI is InChI=1S/C20H23F2N3OS2/c1-5-13(3)28(27-12-16-10-20(16,21)22)18(25-17(26)6-2)14(4)24-19(28)15-8-7-9-23-11-15/h1,7-9,11,13,16H,6,10,12H2,2-4H3,(H,25,26). The summed E-state index contributed by atoms with van der Waals surface area (Å²) in [4.78, 5) is 21.2. The van der Waals surface area contributed by atoms with E-state index < -0.39 is 20.9 Å². The molecule has 2 heterocycles. The first-order valence-corrected chi connectivity index (χ1v) is 12.3. The van der Waals surface area contributed by atoms with Crippen molar-refractivity contribution in [2.45, 2.75) is 44.8 Å². The molecule has 0 radical (unpaired) electrons. The molecule has 2 aliphatic rings. The number of nitrogens with one attached hydrogen (secondary N) is 1. The summed E-state index contributed by atoms with van der Waals surface area (Å²) in [7, 11) is -0.645. The zero-order valence-electron chi connectivity index (χ0n) is 16.0. The van der Waals surface area contributed by atoms with Gasteiger partial charge < -0.3 is 5.32 Å². The van der Waals surface area contributed by atoms with Crippen LogP contribution in [0.2, 0.25) is 0 Å². The van der Waals surface area contributed by atoms with Crippen LogP contribution in [-0.2, 0) is 4.79 Å². The molecule has 1 N–H and O–H groups in total. The summed E-state index contributed by atoms with van der Waals surface area (Å²) in [5, 5.41) is 4.11. The highest BCUT2D eigenvalue weighted by atomic mass is 33.2. The van der Waals surface area contributed by atoms with E-state index in [0.29, 0.717) is 17.1 Å². The molecule has 28 heavy (non-hydrogen) atoms. The first-order valence-electron chi connectivity index (χ1n) is 9.06. The Kier molecular flexibility index (Phi) is 5.87. The lowest BCUT2D eigenvalue weighted by Gasteiger charge is -2.41. The van der Waals surface area contributed by atoms with Gasteiger partial charge in [0.25, 0.3) is 5.92 Å². The molecule has 150 valence electrons. The van der Waals surface area contributed by atoms with Crippen molar-refractivity contribution in [1.82, 2.24) is 10.3 Å². The first-order chi connectivity index (χ1) is 13.3. The van der Waals surface area contributed by atoms with E-state index in [9.17, 15) is 13.6 Å². The fourth-order valence-electron chi connectivity index (χ4n) is 2.99. The number of halogens is 2. The van der Waals surface area contributed by atoms with Crippen LogP contribution in [0, 0.1) is 18.3 Å². The fourth-order valence-corrected chi connectivity index (χ4v) is 10.2. The molecule has 4 nitrogen and oxygen atoms in total. The number of aromatic nitrogens is 1. The molecule has 1 fully saturated rings. The summed E-state index contributed by atoms with van der Waals surface area (Å²) in [6.45, 7) is 5.49. The van der Waals surface area contributed by atoms with Gasteiger partial charge >= 0.3 is 0 Å². The van der Waals surface area contributed by atoms with E-state index in [1.807, 2.05) is 19.9 Å². The number of carbonyl (C=O) groups excluding carboxylic acids is 1. The SMILES string of the molecule is C#CC(C)S1(SCC2CC2(F)F)C(c2cccnc2)=NC(C)=C1NC(=O)CC. The van der Waals surface area contributed by atoms with Crippen molar-refractivity contribution in [3.63, 3.8) is 0 Å². The van der Waals surface area contributed by atoms with E-state index in [1.54, 1.807) is 25.4 Å². The van der Waals surface area contributed by atoms with E-state index >= 15 is 0 Å². The number of hydrogen-bond acceptors (Lipinski definition) is 4. The van der Waals surface area contributed by atoms with Crippen LogP contribution in [0.4, 0.5) is 8.78 Å². The van der Waals surface area contributed by atoms with E-state index in [0.717, 1.165) is 10.6 Å². The monoisotopic (exact) mass is 423 g/mol. The normalized spacial score (nSPS) is 28.7. The molecular formula is C20H23F2N3OS2. The van der Waals surface area contributed by atoms with Gasteiger partial charge in [0.1, 0.15) is 5.04 Å².